The molecule has 3 aromatic carbocycles. The van der Waals surface area contributed by atoms with Gasteiger partial charge in [-0.05, 0) is 41.3 Å². The van der Waals surface area contributed by atoms with Crippen LogP contribution in [-0.4, -0.2) is 38.1 Å². The lowest BCUT2D eigenvalue weighted by Crippen LogP contribution is -2.41. The highest BCUT2D eigenvalue weighted by Gasteiger charge is 2.35. The van der Waals surface area contributed by atoms with E-state index in [0.29, 0.717) is 30.0 Å². The molecule has 2 amide bonds. The molecule has 2 heterocycles. The Labute approximate surface area is 182 Å². The van der Waals surface area contributed by atoms with E-state index in [0.717, 1.165) is 35.1 Å². The molecule has 31 heavy (non-hydrogen) atoms. The average Bonchev–Trinajstić information content (AvgIpc) is 2.77. The van der Waals surface area contributed by atoms with Crippen LogP contribution in [-0.2, 0) is 10.2 Å². The SMILES string of the molecule is CC(C)(C)c1ccc(N2C(=O)c3cccc4c(N5CCOCC5)ccc(c34)C2=O)cc1. The molecule has 158 valence electrons. The molecule has 0 bridgehead atoms. The Hall–Kier alpha value is -3.18. The highest BCUT2D eigenvalue weighted by atomic mass is 16.5. The van der Waals surface area contributed by atoms with Crippen molar-refractivity contribution in [3.05, 3.63) is 71.3 Å². The maximum absolute atomic E-state index is 13.5. The maximum Gasteiger partial charge on any atom is 0.265 e. The van der Waals surface area contributed by atoms with E-state index in [1.54, 1.807) is 0 Å². The van der Waals surface area contributed by atoms with Gasteiger partial charge in [-0.25, -0.2) is 4.90 Å². The van der Waals surface area contributed by atoms with Crippen molar-refractivity contribution in [3.8, 4) is 0 Å². The van der Waals surface area contributed by atoms with Gasteiger partial charge in [-0.15, -0.1) is 0 Å². The van der Waals surface area contributed by atoms with E-state index in [-0.39, 0.29) is 17.2 Å². The van der Waals surface area contributed by atoms with Crippen LogP contribution in [0.5, 0.6) is 0 Å². The van der Waals surface area contributed by atoms with Gasteiger partial charge in [0.2, 0.25) is 0 Å². The Kier molecular flexibility index (Phi) is 4.59. The largest absolute Gasteiger partial charge is 0.378 e. The summed E-state index contributed by atoms with van der Waals surface area (Å²) in [6.07, 6.45) is 0. The Balaban J connectivity index is 1.61. The van der Waals surface area contributed by atoms with E-state index < -0.39 is 0 Å². The van der Waals surface area contributed by atoms with Gasteiger partial charge in [0.15, 0.2) is 0 Å². The summed E-state index contributed by atoms with van der Waals surface area (Å²) in [5.41, 5.74) is 3.95. The number of rotatable bonds is 2. The molecule has 1 fully saturated rings. The van der Waals surface area contributed by atoms with Crippen molar-refractivity contribution in [1.82, 2.24) is 0 Å². The molecule has 0 saturated carbocycles. The van der Waals surface area contributed by atoms with Gasteiger partial charge >= 0.3 is 0 Å². The molecule has 2 aliphatic rings. The van der Waals surface area contributed by atoms with Gasteiger partial charge in [0.1, 0.15) is 0 Å². The first-order valence-corrected chi connectivity index (χ1v) is 10.7. The lowest BCUT2D eigenvalue weighted by Gasteiger charge is -2.32. The molecule has 1 saturated heterocycles. The van der Waals surface area contributed by atoms with E-state index in [2.05, 4.69) is 25.7 Å². The number of imide groups is 1. The van der Waals surface area contributed by atoms with Crippen LogP contribution >= 0.6 is 0 Å². The van der Waals surface area contributed by atoms with Crippen molar-refractivity contribution in [2.45, 2.75) is 26.2 Å². The highest BCUT2D eigenvalue weighted by molar-refractivity contribution is 6.36. The van der Waals surface area contributed by atoms with Crippen molar-refractivity contribution < 1.29 is 14.3 Å². The quantitative estimate of drug-likeness (QED) is 0.567. The van der Waals surface area contributed by atoms with E-state index >= 15 is 0 Å². The Morgan fingerprint density at radius 3 is 2.10 bits per heavy atom. The molecular weight excluding hydrogens is 388 g/mol. The number of benzene rings is 3. The summed E-state index contributed by atoms with van der Waals surface area (Å²) in [6.45, 7) is 9.38. The minimum absolute atomic E-state index is 0.00251. The number of hydrogen-bond donors (Lipinski definition) is 0. The van der Waals surface area contributed by atoms with Crippen LogP contribution in [0, 0.1) is 0 Å². The molecule has 0 spiro atoms. The number of carbonyl (C=O) groups excluding carboxylic acids is 2. The van der Waals surface area contributed by atoms with Crippen molar-refractivity contribution >= 4 is 34.0 Å². The number of amides is 2. The average molecular weight is 415 g/mol. The van der Waals surface area contributed by atoms with Gasteiger partial charge in [0, 0.05) is 40.7 Å². The van der Waals surface area contributed by atoms with Crippen LogP contribution in [0.4, 0.5) is 11.4 Å². The predicted molar refractivity (Wildman–Crippen MR) is 123 cm³/mol. The van der Waals surface area contributed by atoms with Gasteiger partial charge in [-0.2, -0.15) is 0 Å². The summed E-state index contributed by atoms with van der Waals surface area (Å²) in [6, 6.07) is 17.3. The number of ether oxygens (including phenoxy) is 1. The molecule has 5 nitrogen and oxygen atoms in total. The summed E-state index contributed by atoms with van der Waals surface area (Å²) in [4.78, 5) is 30.5. The minimum atomic E-state index is -0.272. The third-order valence-electron chi connectivity index (χ3n) is 6.23. The van der Waals surface area contributed by atoms with Gasteiger partial charge < -0.3 is 9.64 Å². The number of hydrogen-bond acceptors (Lipinski definition) is 4. The summed E-state index contributed by atoms with van der Waals surface area (Å²) in [5, 5.41) is 1.70. The van der Waals surface area contributed by atoms with Crippen LogP contribution in [0.25, 0.3) is 10.8 Å². The Bertz CT molecular complexity index is 1160. The van der Waals surface area contributed by atoms with E-state index in [9.17, 15) is 9.59 Å². The Morgan fingerprint density at radius 2 is 1.45 bits per heavy atom. The zero-order chi connectivity index (χ0) is 21.8. The van der Waals surface area contributed by atoms with Crippen LogP contribution in [0.15, 0.2) is 54.6 Å². The number of anilines is 2. The number of morpholine rings is 1. The van der Waals surface area contributed by atoms with Crippen LogP contribution in [0.1, 0.15) is 47.1 Å². The normalized spacial score (nSPS) is 16.9. The standard InChI is InChI=1S/C26H26N2O3/c1-26(2,3)17-7-9-18(10-8-17)28-24(29)20-6-4-5-19-22(27-13-15-31-16-14-27)12-11-21(23(19)20)25(28)30/h4-12H,13-16H2,1-3H3. The molecule has 5 rings (SSSR count). The fraction of sp³-hybridized carbons (Fsp3) is 0.308. The van der Waals surface area contributed by atoms with Gasteiger partial charge in [0.05, 0.1) is 18.9 Å². The fourth-order valence-electron chi connectivity index (χ4n) is 4.51. The van der Waals surface area contributed by atoms with Crippen LogP contribution in [0.2, 0.25) is 0 Å². The van der Waals surface area contributed by atoms with E-state index in [4.69, 9.17) is 4.74 Å². The second-order valence-corrected chi connectivity index (χ2v) is 9.20. The first kappa shape index (κ1) is 19.8. The van der Waals surface area contributed by atoms with Crippen LogP contribution < -0.4 is 9.80 Å². The van der Waals surface area contributed by atoms with Crippen molar-refractivity contribution in [3.63, 3.8) is 0 Å². The molecule has 5 heteroatoms. The lowest BCUT2D eigenvalue weighted by atomic mass is 9.87. The van der Waals surface area contributed by atoms with Gasteiger partial charge in [-0.3, -0.25) is 9.59 Å². The third-order valence-corrected chi connectivity index (χ3v) is 6.23. The molecule has 0 N–H and O–H groups in total. The minimum Gasteiger partial charge on any atom is -0.378 e. The molecule has 3 aromatic rings. The van der Waals surface area contributed by atoms with Crippen LogP contribution in [0.3, 0.4) is 0 Å². The molecule has 0 aromatic heterocycles. The zero-order valence-corrected chi connectivity index (χ0v) is 18.1. The molecule has 0 radical (unpaired) electrons. The molecule has 0 aliphatic carbocycles. The topological polar surface area (TPSA) is 49.9 Å². The summed E-state index contributed by atoms with van der Waals surface area (Å²) in [7, 11) is 0. The second-order valence-electron chi connectivity index (χ2n) is 9.20. The first-order valence-electron chi connectivity index (χ1n) is 10.7. The number of nitrogens with zero attached hydrogens (tertiary/aromatic N) is 2. The Morgan fingerprint density at radius 1 is 0.806 bits per heavy atom. The first-order chi connectivity index (χ1) is 14.9. The van der Waals surface area contributed by atoms with E-state index in [1.807, 2.05) is 54.6 Å². The molecule has 0 unspecified atom stereocenters. The van der Waals surface area contributed by atoms with Gasteiger partial charge in [-0.1, -0.05) is 45.0 Å². The molecule has 2 aliphatic heterocycles. The monoisotopic (exact) mass is 414 g/mol. The van der Waals surface area contributed by atoms with E-state index in [1.165, 1.54) is 4.90 Å². The highest BCUT2D eigenvalue weighted by Crippen LogP contribution is 2.38. The number of carbonyl (C=O) groups is 2. The van der Waals surface area contributed by atoms with Gasteiger partial charge in [0.25, 0.3) is 11.8 Å². The summed E-state index contributed by atoms with van der Waals surface area (Å²) >= 11 is 0. The molecular formula is C26H26N2O3. The molecule has 0 atom stereocenters. The second kappa shape index (κ2) is 7.20. The summed E-state index contributed by atoms with van der Waals surface area (Å²) in [5.74, 6) is -0.545. The van der Waals surface area contributed by atoms with Crippen molar-refractivity contribution in [2.75, 3.05) is 36.1 Å². The predicted octanol–water partition coefficient (Wildman–Crippen LogP) is 4.77. The zero-order valence-electron chi connectivity index (χ0n) is 18.1. The fourth-order valence-corrected chi connectivity index (χ4v) is 4.51. The summed E-state index contributed by atoms with van der Waals surface area (Å²) < 4.78 is 5.48. The smallest absolute Gasteiger partial charge is 0.265 e. The maximum atomic E-state index is 13.5. The third kappa shape index (κ3) is 3.20. The van der Waals surface area contributed by atoms with Crippen molar-refractivity contribution in [1.29, 1.82) is 0 Å². The lowest BCUT2D eigenvalue weighted by molar-refractivity contribution is 0.0893. The van der Waals surface area contributed by atoms with Crippen molar-refractivity contribution in [2.24, 2.45) is 0 Å².